The molecule has 1 saturated heterocycles. The Morgan fingerprint density at radius 3 is 2.24 bits per heavy atom. The average molecular weight is 388 g/mol. The Kier molecular flexibility index (Phi) is 5.65. The van der Waals surface area contributed by atoms with Crippen LogP contribution in [0.5, 0.6) is 0 Å². The van der Waals surface area contributed by atoms with Gasteiger partial charge in [0.15, 0.2) is 0 Å². The minimum Gasteiger partial charge on any atom is -0.368 e. The van der Waals surface area contributed by atoms with Crippen LogP contribution in [-0.4, -0.2) is 42.7 Å². The lowest BCUT2D eigenvalue weighted by atomic mass is 10.2. The zero-order chi connectivity index (χ0) is 20.2. The van der Waals surface area contributed by atoms with Crippen LogP contribution < -0.4 is 14.7 Å². The van der Waals surface area contributed by atoms with Gasteiger partial charge in [0, 0.05) is 50.2 Å². The highest BCUT2D eigenvalue weighted by Gasteiger charge is 2.20. The fraction of sp³-hybridized carbons (Fsp3) is 0.333. The summed E-state index contributed by atoms with van der Waals surface area (Å²) < 4.78 is 0. The lowest BCUT2D eigenvalue weighted by Gasteiger charge is -2.37. The first-order chi connectivity index (χ1) is 14.1. The van der Waals surface area contributed by atoms with Gasteiger partial charge < -0.3 is 14.7 Å². The molecule has 29 heavy (non-hydrogen) atoms. The SMILES string of the molecule is CCN(c1ccccc1)c1cc(N2CCN(c3cccc(C)c3)CC2)nc(C)n1. The second-order valence-corrected chi connectivity index (χ2v) is 7.52. The van der Waals surface area contributed by atoms with Gasteiger partial charge in [-0.1, -0.05) is 30.3 Å². The molecular formula is C24H29N5. The van der Waals surface area contributed by atoms with Gasteiger partial charge in [0.25, 0.3) is 0 Å². The summed E-state index contributed by atoms with van der Waals surface area (Å²) in [6.07, 6.45) is 0. The molecule has 0 saturated carbocycles. The van der Waals surface area contributed by atoms with Gasteiger partial charge in [-0.05, 0) is 50.6 Å². The van der Waals surface area contributed by atoms with Crippen LogP contribution in [0.25, 0.3) is 0 Å². The monoisotopic (exact) mass is 387 g/mol. The maximum Gasteiger partial charge on any atom is 0.138 e. The highest BCUT2D eigenvalue weighted by Crippen LogP contribution is 2.27. The molecule has 0 bridgehead atoms. The fourth-order valence-corrected chi connectivity index (χ4v) is 3.94. The summed E-state index contributed by atoms with van der Waals surface area (Å²) in [4.78, 5) is 16.6. The molecule has 0 amide bonds. The van der Waals surface area contributed by atoms with E-state index in [1.807, 2.05) is 13.0 Å². The number of aryl methyl sites for hydroxylation is 2. The standard InChI is InChI=1S/C24H29N5/c1-4-29(21-10-6-5-7-11-21)24-18-23(25-20(3)26-24)28-15-13-27(14-16-28)22-12-8-9-19(2)17-22/h5-12,17-18H,4,13-16H2,1-3H3. The smallest absolute Gasteiger partial charge is 0.138 e. The van der Waals surface area contributed by atoms with Crippen molar-refractivity contribution >= 4 is 23.0 Å². The van der Waals surface area contributed by atoms with Gasteiger partial charge in [0.05, 0.1) is 0 Å². The maximum atomic E-state index is 4.75. The van der Waals surface area contributed by atoms with Gasteiger partial charge in [-0.25, -0.2) is 9.97 Å². The van der Waals surface area contributed by atoms with Crippen molar-refractivity contribution < 1.29 is 0 Å². The van der Waals surface area contributed by atoms with Crippen LogP contribution in [0.15, 0.2) is 60.7 Å². The van der Waals surface area contributed by atoms with Gasteiger partial charge in [-0.2, -0.15) is 0 Å². The summed E-state index contributed by atoms with van der Waals surface area (Å²) in [5, 5.41) is 0. The summed E-state index contributed by atoms with van der Waals surface area (Å²) in [6.45, 7) is 11.1. The molecule has 1 aliphatic rings. The minimum absolute atomic E-state index is 0.813. The van der Waals surface area contributed by atoms with E-state index in [0.717, 1.165) is 55.9 Å². The highest BCUT2D eigenvalue weighted by molar-refractivity contribution is 5.63. The topological polar surface area (TPSA) is 35.5 Å². The van der Waals surface area contributed by atoms with Gasteiger partial charge in [-0.3, -0.25) is 0 Å². The molecule has 0 spiro atoms. The zero-order valence-corrected chi connectivity index (χ0v) is 17.5. The molecule has 2 heterocycles. The van der Waals surface area contributed by atoms with Crippen LogP contribution in [0, 0.1) is 13.8 Å². The molecule has 1 fully saturated rings. The molecule has 0 N–H and O–H groups in total. The first-order valence-corrected chi connectivity index (χ1v) is 10.4. The lowest BCUT2D eigenvalue weighted by molar-refractivity contribution is 0.645. The fourth-order valence-electron chi connectivity index (χ4n) is 3.94. The Bertz CT molecular complexity index is 948. The summed E-state index contributed by atoms with van der Waals surface area (Å²) >= 11 is 0. The second-order valence-electron chi connectivity index (χ2n) is 7.52. The molecule has 4 rings (SSSR count). The van der Waals surface area contributed by atoms with Crippen molar-refractivity contribution in [3.8, 4) is 0 Å². The number of para-hydroxylation sites is 1. The highest BCUT2D eigenvalue weighted by atomic mass is 15.3. The van der Waals surface area contributed by atoms with E-state index in [9.17, 15) is 0 Å². The van der Waals surface area contributed by atoms with Crippen LogP contribution >= 0.6 is 0 Å². The quantitative estimate of drug-likeness (QED) is 0.640. The van der Waals surface area contributed by atoms with Gasteiger partial charge in [-0.15, -0.1) is 0 Å². The van der Waals surface area contributed by atoms with Gasteiger partial charge in [0.2, 0.25) is 0 Å². The number of anilines is 4. The van der Waals surface area contributed by atoms with Crippen LogP contribution in [0.4, 0.5) is 23.0 Å². The first kappa shape index (κ1) is 19.2. The number of nitrogens with zero attached hydrogens (tertiary/aromatic N) is 5. The molecule has 1 aliphatic heterocycles. The van der Waals surface area contributed by atoms with Crippen molar-refractivity contribution in [2.24, 2.45) is 0 Å². The van der Waals surface area contributed by atoms with E-state index >= 15 is 0 Å². The summed E-state index contributed by atoms with van der Waals surface area (Å²) in [7, 11) is 0. The third-order valence-corrected chi connectivity index (χ3v) is 5.44. The largest absolute Gasteiger partial charge is 0.368 e. The summed E-state index contributed by atoms with van der Waals surface area (Å²) in [6, 6.07) is 21.3. The average Bonchev–Trinajstić information content (AvgIpc) is 2.75. The van der Waals surface area contributed by atoms with Crippen molar-refractivity contribution in [3.63, 3.8) is 0 Å². The van der Waals surface area contributed by atoms with Crippen LogP contribution in [0.3, 0.4) is 0 Å². The van der Waals surface area contributed by atoms with Crippen molar-refractivity contribution in [2.75, 3.05) is 47.4 Å². The van der Waals surface area contributed by atoms with Crippen LogP contribution in [-0.2, 0) is 0 Å². The second kappa shape index (κ2) is 8.52. The molecular weight excluding hydrogens is 358 g/mol. The Labute approximate surface area is 173 Å². The minimum atomic E-state index is 0.813. The van der Waals surface area contributed by atoms with E-state index in [0.29, 0.717) is 0 Å². The normalized spacial score (nSPS) is 14.2. The Morgan fingerprint density at radius 1 is 0.828 bits per heavy atom. The first-order valence-electron chi connectivity index (χ1n) is 10.4. The molecule has 2 aromatic carbocycles. The Balaban J connectivity index is 1.52. The van der Waals surface area contributed by atoms with Crippen LogP contribution in [0.2, 0.25) is 0 Å². The molecule has 0 radical (unpaired) electrons. The van der Waals surface area contributed by atoms with E-state index in [1.54, 1.807) is 0 Å². The number of rotatable bonds is 5. The molecule has 0 unspecified atom stereocenters. The number of piperazine rings is 1. The van der Waals surface area contributed by atoms with Gasteiger partial charge >= 0.3 is 0 Å². The number of aromatic nitrogens is 2. The zero-order valence-electron chi connectivity index (χ0n) is 17.5. The van der Waals surface area contributed by atoms with Crippen molar-refractivity contribution in [1.29, 1.82) is 0 Å². The molecule has 0 atom stereocenters. The molecule has 0 aliphatic carbocycles. The molecule has 3 aromatic rings. The number of hydrogen-bond acceptors (Lipinski definition) is 5. The van der Waals surface area contributed by atoms with E-state index in [2.05, 4.69) is 83.1 Å². The molecule has 5 nitrogen and oxygen atoms in total. The Hall–Kier alpha value is -3.08. The van der Waals surface area contributed by atoms with E-state index < -0.39 is 0 Å². The molecule has 5 heteroatoms. The third-order valence-electron chi connectivity index (χ3n) is 5.44. The van der Waals surface area contributed by atoms with E-state index in [4.69, 9.17) is 9.97 Å². The summed E-state index contributed by atoms with van der Waals surface area (Å²) in [5.41, 5.74) is 3.77. The predicted octanol–water partition coefficient (Wildman–Crippen LogP) is 4.58. The number of hydrogen-bond donors (Lipinski definition) is 0. The van der Waals surface area contributed by atoms with Crippen LogP contribution in [0.1, 0.15) is 18.3 Å². The molecule has 1 aromatic heterocycles. The van der Waals surface area contributed by atoms with E-state index in [-0.39, 0.29) is 0 Å². The third kappa shape index (κ3) is 4.34. The summed E-state index contributed by atoms with van der Waals surface area (Å²) in [5.74, 6) is 2.79. The maximum absolute atomic E-state index is 4.75. The van der Waals surface area contributed by atoms with Crippen molar-refractivity contribution in [2.45, 2.75) is 20.8 Å². The lowest BCUT2D eigenvalue weighted by Crippen LogP contribution is -2.47. The molecule has 150 valence electrons. The van der Waals surface area contributed by atoms with Crippen molar-refractivity contribution in [1.82, 2.24) is 9.97 Å². The Morgan fingerprint density at radius 2 is 1.55 bits per heavy atom. The number of benzene rings is 2. The van der Waals surface area contributed by atoms with Crippen molar-refractivity contribution in [3.05, 3.63) is 72.1 Å². The van der Waals surface area contributed by atoms with Gasteiger partial charge in [0.1, 0.15) is 17.5 Å². The predicted molar refractivity (Wildman–Crippen MR) is 121 cm³/mol. The van der Waals surface area contributed by atoms with E-state index in [1.165, 1.54) is 11.3 Å².